The molecule has 1 amide bonds. The number of rotatable bonds is 13. The fourth-order valence-electron chi connectivity index (χ4n) is 6.13. The number of carbonyl (C=O) groups is 1. The van der Waals surface area contributed by atoms with Gasteiger partial charge >= 0.3 is 13.9 Å². The Bertz CT molecular complexity index is 1690. The van der Waals surface area contributed by atoms with Crippen LogP contribution in [0.25, 0.3) is 0 Å². The van der Waals surface area contributed by atoms with E-state index >= 15 is 0 Å². The van der Waals surface area contributed by atoms with Gasteiger partial charge in [-0.2, -0.15) is 4.98 Å². The first kappa shape index (κ1) is 33.9. The van der Waals surface area contributed by atoms with Crippen molar-refractivity contribution < 1.29 is 38.1 Å². The number of hydrogen-bond acceptors (Lipinski definition) is 9. The van der Waals surface area contributed by atoms with Crippen molar-refractivity contribution in [1.29, 1.82) is 0 Å². The normalized spacial score (nSPS) is 18.7. The van der Waals surface area contributed by atoms with E-state index in [0.717, 1.165) is 0 Å². The van der Waals surface area contributed by atoms with E-state index < -0.39 is 43.9 Å². The van der Waals surface area contributed by atoms with Crippen molar-refractivity contribution in [2.45, 2.75) is 56.1 Å². The average molecular weight is 663 g/mol. The Morgan fingerprint density at radius 1 is 1.00 bits per heavy atom. The van der Waals surface area contributed by atoms with E-state index in [4.69, 9.17) is 18.7 Å². The van der Waals surface area contributed by atoms with Crippen LogP contribution in [-0.4, -0.2) is 58.0 Å². The van der Waals surface area contributed by atoms with Crippen LogP contribution in [0, 0.1) is 0 Å². The summed E-state index contributed by atoms with van der Waals surface area (Å²) < 4.78 is 36.0. The molecule has 1 fully saturated rings. The molecule has 1 aliphatic heterocycles. The highest BCUT2D eigenvalue weighted by molar-refractivity contribution is 7.32. The molecular weight excluding hydrogens is 625 g/mol. The van der Waals surface area contributed by atoms with Crippen molar-refractivity contribution in [3.8, 4) is 11.5 Å². The second-order valence-corrected chi connectivity index (χ2v) is 11.7. The van der Waals surface area contributed by atoms with Crippen LogP contribution in [0.2, 0.25) is 0 Å². The van der Waals surface area contributed by atoms with Gasteiger partial charge in [0.15, 0.2) is 0 Å². The average Bonchev–Trinajstić information content (AvgIpc) is 3.48. The molecule has 1 saturated heterocycles. The number of aliphatic hydroxyl groups excluding tert-OH is 1. The smallest absolute Gasteiger partial charge is 0.497 e. The van der Waals surface area contributed by atoms with Crippen molar-refractivity contribution in [2.24, 2.45) is 0 Å². The fourth-order valence-corrected chi connectivity index (χ4v) is 6.57. The molecule has 1 aromatic heterocycles. The van der Waals surface area contributed by atoms with Gasteiger partial charge in [0, 0.05) is 23.6 Å². The Morgan fingerprint density at radius 2 is 1.57 bits per heavy atom. The molecular formula is C34H37N3O9P+. The number of methoxy groups -OCH3 is 2. The molecule has 0 aliphatic carbocycles. The van der Waals surface area contributed by atoms with E-state index in [-0.39, 0.29) is 24.6 Å². The van der Waals surface area contributed by atoms with Gasteiger partial charge in [-0.25, -0.2) is 4.79 Å². The lowest BCUT2D eigenvalue weighted by molar-refractivity contribution is -0.116. The standard InChI is InChI=1S/C34H36N3O9P/c1-4-8-29(38)35-28-19-20-37(33(40)36-28)30-21-27(46-47(41)42)31(45-30)32(39)34(22-9-6-5-7-10-22,23-11-15-25(43-2)16-12-23)24-13-17-26(44-3)18-14-24/h5-7,9-20,27,30-32,39H,4,8,21H2,1-3H3,(H-,35,36,38,40,41,42)/p+1/t27-,30+,31-,32?/m0/s1. The zero-order chi connectivity index (χ0) is 33.6. The van der Waals surface area contributed by atoms with Gasteiger partial charge in [0.1, 0.15) is 41.9 Å². The molecule has 47 heavy (non-hydrogen) atoms. The Kier molecular flexibility index (Phi) is 10.8. The van der Waals surface area contributed by atoms with Crippen molar-refractivity contribution in [1.82, 2.24) is 9.55 Å². The van der Waals surface area contributed by atoms with Gasteiger partial charge in [-0.05, 0) is 53.4 Å². The lowest BCUT2D eigenvalue weighted by atomic mass is 9.64. The molecule has 0 spiro atoms. The summed E-state index contributed by atoms with van der Waals surface area (Å²) in [6, 6.07) is 25.3. The molecule has 5 rings (SSSR count). The summed E-state index contributed by atoms with van der Waals surface area (Å²) in [7, 11) is 0.00656. The van der Waals surface area contributed by atoms with E-state index in [2.05, 4.69) is 10.3 Å². The van der Waals surface area contributed by atoms with Gasteiger partial charge in [-0.3, -0.25) is 9.36 Å². The van der Waals surface area contributed by atoms with Crippen LogP contribution in [0.3, 0.4) is 0 Å². The first-order chi connectivity index (χ1) is 22.7. The zero-order valence-electron chi connectivity index (χ0n) is 26.2. The summed E-state index contributed by atoms with van der Waals surface area (Å²) in [6.45, 7) is 1.86. The molecule has 3 N–H and O–H groups in total. The molecule has 2 heterocycles. The summed E-state index contributed by atoms with van der Waals surface area (Å²) >= 11 is 0. The third-order valence-corrected chi connectivity index (χ3v) is 8.75. The van der Waals surface area contributed by atoms with Gasteiger partial charge in [0.05, 0.1) is 19.6 Å². The number of anilines is 1. The van der Waals surface area contributed by atoms with Crippen LogP contribution in [0.1, 0.15) is 49.1 Å². The number of benzene rings is 3. The number of ether oxygens (including phenoxy) is 3. The predicted octanol–water partition coefficient (Wildman–Crippen LogP) is 4.72. The Labute approximate surface area is 272 Å². The third kappa shape index (κ3) is 7.12. The van der Waals surface area contributed by atoms with Crippen LogP contribution < -0.4 is 20.5 Å². The lowest BCUT2D eigenvalue weighted by Crippen LogP contribution is -2.51. The number of amides is 1. The minimum Gasteiger partial charge on any atom is -0.497 e. The van der Waals surface area contributed by atoms with E-state index in [1.807, 2.05) is 61.5 Å². The van der Waals surface area contributed by atoms with Gasteiger partial charge in [-0.1, -0.05) is 61.5 Å². The Balaban J connectivity index is 1.63. The largest absolute Gasteiger partial charge is 0.695 e. The number of nitrogens with zero attached hydrogens (tertiary/aromatic N) is 2. The van der Waals surface area contributed by atoms with E-state index in [0.29, 0.717) is 34.6 Å². The molecule has 5 atom stereocenters. The van der Waals surface area contributed by atoms with E-state index in [1.165, 1.54) is 16.8 Å². The van der Waals surface area contributed by atoms with Crippen molar-refractivity contribution >= 4 is 20.0 Å². The fraction of sp³-hybridized carbons (Fsp3) is 0.324. The third-order valence-electron chi connectivity index (χ3n) is 8.30. The lowest BCUT2D eigenvalue weighted by Gasteiger charge is -2.42. The highest BCUT2D eigenvalue weighted by atomic mass is 31.1. The molecule has 246 valence electrons. The topological polar surface area (TPSA) is 158 Å². The minimum atomic E-state index is -3.11. The first-order valence-electron chi connectivity index (χ1n) is 15.1. The van der Waals surface area contributed by atoms with Crippen LogP contribution in [-0.2, 0) is 24.0 Å². The molecule has 13 heteroatoms. The van der Waals surface area contributed by atoms with Gasteiger partial charge in [0.2, 0.25) is 5.91 Å². The van der Waals surface area contributed by atoms with Gasteiger partial charge < -0.3 is 24.6 Å². The Morgan fingerprint density at radius 3 is 2.09 bits per heavy atom. The van der Waals surface area contributed by atoms with Crippen molar-refractivity contribution in [2.75, 3.05) is 19.5 Å². The summed E-state index contributed by atoms with van der Waals surface area (Å²) in [6.07, 6.45) is -2.51. The molecule has 0 saturated carbocycles. The second kappa shape index (κ2) is 15.0. The molecule has 3 aromatic carbocycles. The number of aromatic nitrogens is 2. The Hall–Kier alpha value is -4.45. The highest BCUT2D eigenvalue weighted by Gasteiger charge is 2.55. The van der Waals surface area contributed by atoms with Crippen molar-refractivity contribution in [3.63, 3.8) is 0 Å². The molecule has 2 unspecified atom stereocenters. The molecule has 12 nitrogen and oxygen atoms in total. The molecule has 0 radical (unpaired) electrons. The maximum absolute atomic E-state index is 13.1. The van der Waals surface area contributed by atoms with Crippen LogP contribution in [0.15, 0.2) is 95.9 Å². The maximum Gasteiger partial charge on any atom is 0.695 e. The van der Waals surface area contributed by atoms with Crippen LogP contribution >= 0.6 is 8.25 Å². The molecule has 0 bridgehead atoms. The summed E-state index contributed by atoms with van der Waals surface area (Å²) in [5, 5.41) is 15.3. The number of hydrogen-bond donors (Lipinski definition) is 3. The number of aliphatic hydroxyl groups is 1. The minimum absolute atomic E-state index is 0.0530. The monoisotopic (exact) mass is 662 g/mol. The van der Waals surface area contributed by atoms with Crippen LogP contribution in [0.5, 0.6) is 11.5 Å². The quantitative estimate of drug-likeness (QED) is 0.135. The van der Waals surface area contributed by atoms with E-state index in [9.17, 15) is 24.2 Å². The van der Waals surface area contributed by atoms with Crippen LogP contribution in [0.4, 0.5) is 5.82 Å². The highest BCUT2D eigenvalue weighted by Crippen LogP contribution is 2.48. The summed E-state index contributed by atoms with van der Waals surface area (Å²) in [5.41, 5.74) is 0.0116. The molecule has 1 aliphatic rings. The van der Waals surface area contributed by atoms with E-state index in [1.54, 1.807) is 38.5 Å². The van der Waals surface area contributed by atoms with Gasteiger partial charge in [-0.15, -0.1) is 9.42 Å². The first-order valence-corrected chi connectivity index (χ1v) is 16.2. The maximum atomic E-state index is 13.1. The zero-order valence-corrected chi connectivity index (χ0v) is 27.1. The second-order valence-electron chi connectivity index (χ2n) is 11.0. The number of carbonyl (C=O) groups excluding carboxylic acids is 1. The summed E-state index contributed by atoms with van der Waals surface area (Å²) in [5.74, 6) is 1.04. The molecule has 4 aromatic rings. The predicted molar refractivity (Wildman–Crippen MR) is 174 cm³/mol. The van der Waals surface area contributed by atoms with Crippen molar-refractivity contribution in [3.05, 3.63) is 118 Å². The summed E-state index contributed by atoms with van der Waals surface area (Å²) in [4.78, 5) is 39.0. The number of nitrogens with one attached hydrogen (secondary N) is 1. The SMILES string of the molecule is CCCC(=O)Nc1ccn([C@H]2C[C@H](O[P+](=O)O)[C@@H](C(O)C(c3ccccc3)(c3ccc(OC)cc3)c3ccc(OC)cc3)O2)c(=O)n1. The van der Waals surface area contributed by atoms with Gasteiger partial charge in [0.25, 0.3) is 0 Å².